The zero-order valence-electron chi connectivity index (χ0n) is 8.46. The summed E-state index contributed by atoms with van der Waals surface area (Å²) in [6.45, 7) is 1.98. The molecule has 0 aromatic carbocycles. The van der Waals surface area contributed by atoms with Gasteiger partial charge in [-0.2, -0.15) is 0 Å². The molecule has 0 saturated heterocycles. The van der Waals surface area contributed by atoms with E-state index < -0.39 is 0 Å². The van der Waals surface area contributed by atoms with Gasteiger partial charge in [0.25, 0.3) is 0 Å². The SMILES string of the molecule is COc1cnc2c(c1C)CCCC2=O. The molecule has 0 spiro atoms. The van der Waals surface area contributed by atoms with E-state index in [0.29, 0.717) is 12.1 Å². The molecule has 74 valence electrons. The highest BCUT2D eigenvalue weighted by molar-refractivity contribution is 5.97. The molecule has 0 amide bonds. The highest BCUT2D eigenvalue weighted by Gasteiger charge is 2.21. The number of hydrogen-bond acceptors (Lipinski definition) is 3. The topological polar surface area (TPSA) is 39.2 Å². The average molecular weight is 191 g/mol. The van der Waals surface area contributed by atoms with Crippen LogP contribution in [0.3, 0.4) is 0 Å². The minimum absolute atomic E-state index is 0.164. The van der Waals surface area contributed by atoms with Crippen molar-refractivity contribution in [2.24, 2.45) is 0 Å². The average Bonchev–Trinajstić information content (AvgIpc) is 2.20. The molecule has 0 N–H and O–H groups in total. The zero-order valence-corrected chi connectivity index (χ0v) is 8.46. The van der Waals surface area contributed by atoms with Crippen molar-refractivity contribution >= 4 is 5.78 Å². The number of carbonyl (C=O) groups is 1. The number of rotatable bonds is 1. The highest BCUT2D eigenvalue weighted by atomic mass is 16.5. The van der Waals surface area contributed by atoms with Crippen LogP contribution >= 0.6 is 0 Å². The molecule has 3 nitrogen and oxygen atoms in total. The van der Waals surface area contributed by atoms with E-state index in [1.807, 2.05) is 6.92 Å². The Labute approximate surface area is 83.1 Å². The number of ether oxygens (including phenoxy) is 1. The zero-order chi connectivity index (χ0) is 10.1. The summed E-state index contributed by atoms with van der Waals surface area (Å²) in [5.74, 6) is 0.940. The fraction of sp³-hybridized carbons (Fsp3) is 0.455. The fourth-order valence-electron chi connectivity index (χ4n) is 1.92. The molecule has 0 unspecified atom stereocenters. The van der Waals surface area contributed by atoms with Crippen molar-refractivity contribution < 1.29 is 9.53 Å². The van der Waals surface area contributed by atoms with E-state index in [1.165, 1.54) is 0 Å². The molecular weight excluding hydrogens is 178 g/mol. The molecule has 0 bridgehead atoms. The number of hydrogen-bond donors (Lipinski definition) is 0. The Morgan fingerprint density at radius 3 is 2.93 bits per heavy atom. The number of ketones is 1. The number of Topliss-reactive ketones (excluding diaryl/α,β-unsaturated/α-hetero) is 1. The standard InChI is InChI=1S/C11H13NO2/c1-7-8-4-3-5-9(13)11(8)12-6-10(7)14-2/h6H,3-5H2,1-2H3. The first kappa shape index (κ1) is 9.19. The van der Waals surface area contributed by atoms with E-state index in [2.05, 4.69) is 4.98 Å². The molecule has 0 fully saturated rings. The minimum Gasteiger partial charge on any atom is -0.495 e. The Bertz CT molecular complexity index is 385. The van der Waals surface area contributed by atoms with Gasteiger partial charge in [-0.1, -0.05) is 0 Å². The Balaban J connectivity index is 2.57. The summed E-state index contributed by atoms with van der Waals surface area (Å²) in [7, 11) is 1.63. The summed E-state index contributed by atoms with van der Waals surface area (Å²) in [5, 5.41) is 0. The second-order valence-corrected chi connectivity index (χ2v) is 3.56. The van der Waals surface area contributed by atoms with Crippen LogP contribution in [0.15, 0.2) is 6.20 Å². The van der Waals surface area contributed by atoms with Gasteiger partial charge in [-0.15, -0.1) is 0 Å². The third kappa shape index (κ3) is 1.29. The first-order valence-electron chi connectivity index (χ1n) is 4.79. The molecule has 1 aliphatic carbocycles. The first-order valence-corrected chi connectivity index (χ1v) is 4.79. The van der Waals surface area contributed by atoms with E-state index in [9.17, 15) is 4.79 Å². The lowest BCUT2D eigenvalue weighted by molar-refractivity contribution is 0.0967. The van der Waals surface area contributed by atoms with Gasteiger partial charge in [0, 0.05) is 6.42 Å². The predicted molar refractivity (Wildman–Crippen MR) is 52.8 cm³/mol. The lowest BCUT2D eigenvalue weighted by atomic mass is 9.91. The molecule has 3 heteroatoms. The van der Waals surface area contributed by atoms with Gasteiger partial charge in [0.1, 0.15) is 11.4 Å². The van der Waals surface area contributed by atoms with Crippen LogP contribution in [0.5, 0.6) is 5.75 Å². The van der Waals surface area contributed by atoms with E-state index in [4.69, 9.17) is 4.74 Å². The Morgan fingerprint density at radius 1 is 1.43 bits per heavy atom. The normalized spacial score (nSPS) is 15.1. The van der Waals surface area contributed by atoms with Crippen LogP contribution in [0.4, 0.5) is 0 Å². The van der Waals surface area contributed by atoms with Crippen molar-refractivity contribution in [2.75, 3.05) is 7.11 Å². The van der Waals surface area contributed by atoms with Gasteiger partial charge in [0.05, 0.1) is 13.3 Å². The van der Waals surface area contributed by atoms with Crippen LogP contribution in [0.25, 0.3) is 0 Å². The first-order chi connectivity index (χ1) is 6.74. The van der Waals surface area contributed by atoms with Crippen LogP contribution in [0.2, 0.25) is 0 Å². The van der Waals surface area contributed by atoms with Gasteiger partial charge in [0.2, 0.25) is 0 Å². The van der Waals surface area contributed by atoms with Crippen LogP contribution in [0, 0.1) is 6.92 Å². The van der Waals surface area contributed by atoms with Gasteiger partial charge in [-0.3, -0.25) is 4.79 Å². The summed E-state index contributed by atoms with van der Waals surface area (Å²) in [6.07, 6.45) is 4.14. The third-order valence-electron chi connectivity index (χ3n) is 2.73. The monoisotopic (exact) mass is 191 g/mol. The van der Waals surface area contributed by atoms with E-state index in [-0.39, 0.29) is 5.78 Å². The van der Waals surface area contributed by atoms with Crippen molar-refractivity contribution in [3.05, 3.63) is 23.0 Å². The number of methoxy groups -OCH3 is 1. The van der Waals surface area contributed by atoms with Crippen LogP contribution in [0.1, 0.15) is 34.5 Å². The molecule has 1 aliphatic rings. The number of fused-ring (bicyclic) bond motifs is 1. The maximum atomic E-state index is 11.5. The van der Waals surface area contributed by atoms with Gasteiger partial charge in [-0.05, 0) is 30.9 Å². The number of nitrogens with zero attached hydrogens (tertiary/aromatic N) is 1. The molecule has 0 saturated carbocycles. The Morgan fingerprint density at radius 2 is 2.21 bits per heavy atom. The second-order valence-electron chi connectivity index (χ2n) is 3.56. The van der Waals surface area contributed by atoms with Crippen molar-refractivity contribution in [3.8, 4) is 5.75 Å². The van der Waals surface area contributed by atoms with Gasteiger partial charge in [-0.25, -0.2) is 4.98 Å². The molecule has 14 heavy (non-hydrogen) atoms. The fourth-order valence-corrected chi connectivity index (χ4v) is 1.92. The van der Waals surface area contributed by atoms with Crippen molar-refractivity contribution in [1.29, 1.82) is 0 Å². The van der Waals surface area contributed by atoms with E-state index >= 15 is 0 Å². The summed E-state index contributed by atoms with van der Waals surface area (Å²) >= 11 is 0. The van der Waals surface area contributed by atoms with Crippen molar-refractivity contribution in [2.45, 2.75) is 26.2 Å². The van der Waals surface area contributed by atoms with Crippen molar-refractivity contribution in [1.82, 2.24) is 4.98 Å². The lowest BCUT2D eigenvalue weighted by Crippen LogP contribution is -2.14. The van der Waals surface area contributed by atoms with E-state index in [0.717, 1.165) is 29.7 Å². The predicted octanol–water partition coefficient (Wildman–Crippen LogP) is 1.92. The summed E-state index contributed by atoms with van der Waals surface area (Å²) in [4.78, 5) is 15.7. The summed E-state index contributed by atoms with van der Waals surface area (Å²) < 4.78 is 5.17. The minimum atomic E-state index is 0.164. The molecule has 1 aromatic heterocycles. The smallest absolute Gasteiger partial charge is 0.181 e. The molecule has 0 atom stereocenters. The molecule has 2 rings (SSSR count). The number of carbonyl (C=O) groups excluding carboxylic acids is 1. The summed E-state index contributed by atoms with van der Waals surface area (Å²) in [6, 6.07) is 0. The van der Waals surface area contributed by atoms with Crippen LogP contribution in [-0.2, 0) is 6.42 Å². The van der Waals surface area contributed by atoms with Gasteiger partial charge >= 0.3 is 0 Å². The van der Waals surface area contributed by atoms with Crippen molar-refractivity contribution in [3.63, 3.8) is 0 Å². The van der Waals surface area contributed by atoms with Gasteiger partial charge in [0.15, 0.2) is 5.78 Å². The third-order valence-corrected chi connectivity index (χ3v) is 2.73. The second kappa shape index (κ2) is 3.40. The largest absolute Gasteiger partial charge is 0.495 e. The maximum Gasteiger partial charge on any atom is 0.181 e. The van der Waals surface area contributed by atoms with E-state index in [1.54, 1.807) is 13.3 Å². The number of aromatic nitrogens is 1. The molecule has 0 aliphatic heterocycles. The molecular formula is C11H13NO2. The molecule has 1 aromatic rings. The quantitative estimate of drug-likeness (QED) is 0.680. The molecule has 1 heterocycles. The molecule has 0 radical (unpaired) electrons. The summed E-state index contributed by atoms with van der Waals surface area (Å²) in [5.41, 5.74) is 2.78. The highest BCUT2D eigenvalue weighted by Crippen LogP contribution is 2.28. The maximum absolute atomic E-state index is 11.5. The van der Waals surface area contributed by atoms with Gasteiger partial charge < -0.3 is 4.74 Å². The van der Waals surface area contributed by atoms with Crippen LogP contribution in [-0.4, -0.2) is 17.9 Å². The number of pyridine rings is 1. The Hall–Kier alpha value is -1.38. The Kier molecular flexibility index (Phi) is 2.23. The van der Waals surface area contributed by atoms with Crippen LogP contribution < -0.4 is 4.74 Å². The lowest BCUT2D eigenvalue weighted by Gasteiger charge is -2.17.